The van der Waals surface area contributed by atoms with Gasteiger partial charge in [0, 0.05) is 37.7 Å². The zero-order valence-corrected chi connectivity index (χ0v) is 20.2. The largest absolute Gasteiger partial charge is 0.492 e. The second-order valence-corrected chi connectivity index (χ2v) is 9.70. The zero-order chi connectivity index (χ0) is 25.7. The van der Waals surface area contributed by atoms with Crippen LogP contribution in [0.1, 0.15) is 55.0 Å². The lowest BCUT2D eigenvalue weighted by atomic mass is 9.98. The van der Waals surface area contributed by atoms with Crippen LogP contribution in [0.2, 0.25) is 0 Å². The number of oxazole rings is 1. The molecule has 1 saturated heterocycles. The Labute approximate surface area is 205 Å². The summed E-state index contributed by atoms with van der Waals surface area (Å²) >= 11 is 0. The quantitative estimate of drug-likeness (QED) is 0.480. The monoisotopic (exact) mass is 502 g/mol. The normalized spacial score (nSPS) is 22.4. The van der Waals surface area contributed by atoms with Crippen LogP contribution in [-0.4, -0.2) is 53.0 Å². The van der Waals surface area contributed by atoms with E-state index in [2.05, 4.69) is 10.3 Å². The highest BCUT2D eigenvalue weighted by molar-refractivity contribution is 5.97. The van der Waals surface area contributed by atoms with E-state index >= 15 is 4.39 Å². The van der Waals surface area contributed by atoms with Gasteiger partial charge in [-0.3, -0.25) is 4.79 Å². The van der Waals surface area contributed by atoms with E-state index in [0.29, 0.717) is 25.4 Å². The number of carbonyl (C=O) groups is 1. The van der Waals surface area contributed by atoms with E-state index in [-0.39, 0.29) is 46.8 Å². The van der Waals surface area contributed by atoms with Crippen LogP contribution >= 0.6 is 0 Å². The Morgan fingerprint density at radius 3 is 2.72 bits per heavy atom. The molecule has 5 rings (SSSR count). The topological polar surface area (TPSA) is 110 Å². The van der Waals surface area contributed by atoms with Crippen LogP contribution in [0.4, 0.5) is 14.5 Å². The molecule has 1 saturated carbocycles. The molecule has 0 bridgehead atoms. The highest BCUT2D eigenvalue weighted by Gasteiger charge is 2.42. The number of hydrogen-bond donors (Lipinski definition) is 2. The van der Waals surface area contributed by atoms with Crippen molar-refractivity contribution in [3.63, 3.8) is 0 Å². The first-order chi connectivity index (χ1) is 17.2. The van der Waals surface area contributed by atoms with Crippen molar-refractivity contribution in [2.45, 2.75) is 51.0 Å². The fraction of sp³-hybridized carbons (Fsp3) is 0.480. The van der Waals surface area contributed by atoms with E-state index in [1.807, 2.05) is 18.7 Å². The van der Waals surface area contributed by atoms with Crippen molar-refractivity contribution < 1.29 is 27.8 Å². The molecule has 1 aliphatic carbocycles. The fourth-order valence-corrected chi connectivity index (χ4v) is 5.20. The Kier molecular flexibility index (Phi) is 6.19. The van der Waals surface area contributed by atoms with Gasteiger partial charge in [0.05, 0.1) is 36.3 Å². The summed E-state index contributed by atoms with van der Waals surface area (Å²) in [5.41, 5.74) is -1.01. The van der Waals surface area contributed by atoms with Crippen molar-refractivity contribution in [1.82, 2.24) is 14.9 Å². The second-order valence-electron chi connectivity index (χ2n) is 9.70. The number of alkyl halides is 1. The van der Waals surface area contributed by atoms with Crippen LogP contribution in [0, 0.1) is 11.7 Å². The molecular weight excluding hydrogens is 474 g/mol. The van der Waals surface area contributed by atoms with Crippen LogP contribution in [0.3, 0.4) is 0 Å². The number of anilines is 1. The molecule has 11 heteroatoms. The van der Waals surface area contributed by atoms with Gasteiger partial charge in [-0.15, -0.1) is 0 Å². The highest BCUT2D eigenvalue weighted by Crippen LogP contribution is 2.46. The van der Waals surface area contributed by atoms with Crippen LogP contribution in [0.5, 0.6) is 5.75 Å². The SMILES string of the molecule is COc1c(N2CCC(C(NC(C)C)c3ncco3)C2)c(F)cc2c(=O)c(C(=O)O)cn(C3CC3F)c12. The molecule has 0 radical (unpaired) electrons. The van der Waals surface area contributed by atoms with Gasteiger partial charge in [0.2, 0.25) is 11.3 Å². The van der Waals surface area contributed by atoms with Crippen molar-refractivity contribution in [3.8, 4) is 5.75 Å². The van der Waals surface area contributed by atoms with Crippen LogP contribution < -0.4 is 20.4 Å². The molecule has 2 fully saturated rings. The molecule has 192 valence electrons. The first-order valence-electron chi connectivity index (χ1n) is 11.9. The van der Waals surface area contributed by atoms with Gasteiger partial charge in [-0.2, -0.15) is 0 Å². The van der Waals surface area contributed by atoms with Crippen LogP contribution in [0.15, 0.2) is 33.9 Å². The average Bonchev–Trinajstić information content (AvgIpc) is 3.23. The molecule has 4 unspecified atom stereocenters. The lowest BCUT2D eigenvalue weighted by Crippen LogP contribution is -2.35. The molecule has 3 heterocycles. The van der Waals surface area contributed by atoms with E-state index < -0.39 is 35.0 Å². The number of pyridine rings is 1. The van der Waals surface area contributed by atoms with Gasteiger partial charge in [0.1, 0.15) is 23.7 Å². The molecule has 36 heavy (non-hydrogen) atoms. The third-order valence-corrected chi connectivity index (χ3v) is 6.91. The fourth-order valence-electron chi connectivity index (χ4n) is 5.20. The van der Waals surface area contributed by atoms with E-state index in [0.717, 1.165) is 12.3 Å². The lowest BCUT2D eigenvalue weighted by Gasteiger charge is -2.27. The summed E-state index contributed by atoms with van der Waals surface area (Å²) in [4.78, 5) is 30.8. The third kappa shape index (κ3) is 4.11. The molecule has 0 spiro atoms. The predicted molar refractivity (Wildman–Crippen MR) is 128 cm³/mol. The van der Waals surface area contributed by atoms with Crippen molar-refractivity contribution in [2.75, 3.05) is 25.1 Å². The number of halogens is 2. The maximum atomic E-state index is 15.6. The summed E-state index contributed by atoms with van der Waals surface area (Å²) in [6.45, 7) is 5.01. The number of rotatable bonds is 8. The number of ether oxygens (including phenoxy) is 1. The lowest BCUT2D eigenvalue weighted by molar-refractivity contribution is 0.0694. The maximum absolute atomic E-state index is 15.6. The minimum atomic E-state index is -1.45. The van der Waals surface area contributed by atoms with Crippen molar-refractivity contribution in [3.05, 3.63) is 52.2 Å². The third-order valence-electron chi connectivity index (χ3n) is 6.91. The van der Waals surface area contributed by atoms with Gasteiger partial charge in [0.25, 0.3) is 0 Å². The summed E-state index contributed by atoms with van der Waals surface area (Å²) in [5, 5.41) is 12.8. The summed E-state index contributed by atoms with van der Waals surface area (Å²) in [5.74, 6) is -1.47. The predicted octanol–water partition coefficient (Wildman–Crippen LogP) is 3.68. The van der Waals surface area contributed by atoms with Gasteiger partial charge in [0.15, 0.2) is 11.6 Å². The van der Waals surface area contributed by atoms with Crippen LogP contribution in [0.25, 0.3) is 10.9 Å². The standard InChI is InChI=1S/C25H28F2N4O5/c1-12(2)29-19(24-28-5-7-36-24)13-4-6-30(10-13)21-17(27)8-14-20(23(21)35-3)31(18-9-16(18)26)11-15(22(14)32)25(33)34/h5,7-8,11-13,16,18-19,29H,4,6,9-10H2,1-3H3,(H,33,34). The zero-order valence-electron chi connectivity index (χ0n) is 20.2. The number of carboxylic acids is 1. The molecule has 1 aliphatic heterocycles. The molecule has 2 N–H and O–H groups in total. The summed E-state index contributed by atoms with van der Waals surface area (Å²) in [6.07, 6.45) is 3.95. The summed E-state index contributed by atoms with van der Waals surface area (Å²) in [6, 6.07) is 0.371. The van der Waals surface area contributed by atoms with Gasteiger partial charge in [-0.05, 0) is 12.5 Å². The number of benzene rings is 1. The Morgan fingerprint density at radius 2 is 2.14 bits per heavy atom. The Balaban J connectivity index is 1.60. The number of carboxylic acid groups (broad SMARTS) is 1. The Bertz CT molecular complexity index is 1360. The number of aromatic nitrogens is 2. The smallest absolute Gasteiger partial charge is 0.341 e. The van der Waals surface area contributed by atoms with Crippen molar-refractivity contribution >= 4 is 22.6 Å². The first-order valence-corrected chi connectivity index (χ1v) is 11.9. The molecule has 2 aromatic heterocycles. The number of nitrogens with zero attached hydrogens (tertiary/aromatic N) is 3. The average molecular weight is 503 g/mol. The number of fused-ring (bicyclic) bond motifs is 1. The number of nitrogens with one attached hydrogen (secondary N) is 1. The van der Waals surface area contributed by atoms with Crippen molar-refractivity contribution in [1.29, 1.82) is 0 Å². The van der Waals surface area contributed by atoms with Gasteiger partial charge in [-0.25, -0.2) is 18.6 Å². The van der Waals surface area contributed by atoms with Crippen LogP contribution in [-0.2, 0) is 0 Å². The maximum Gasteiger partial charge on any atom is 0.341 e. The molecule has 9 nitrogen and oxygen atoms in total. The second kappa shape index (κ2) is 9.20. The van der Waals surface area contributed by atoms with Gasteiger partial charge in [-0.1, -0.05) is 13.8 Å². The van der Waals surface area contributed by atoms with Crippen molar-refractivity contribution in [2.24, 2.45) is 5.92 Å². The minimum absolute atomic E-state index is 0.0427. The van der Waals surface area contributed by atoms with E-state index in [4.69, 9.17) is 9.15 Å². The highest BCUT2D eigenvalue weighted by atomic mass is 19.1. The summed E-state index contributed by atoms with van der Waals surface area (Å²) < 4.78 is 42.4. The molecule has 1 aromatic carbocycles. The molecular formula is C25H28F2N4O5. The minimum Gasteiger partial charge on any atom is -0.492 e. The molecule has 2 aliphatic rings. The van der Waals surface area contributed by atoms with E-state index in [9.17, 15) is 19.1 Å². The number of methoxy groups -OCH3 is 1. The number of aromatic carboxylic acids is 1. The Hall–Kier alpha value is -3.47. The van der Waals surface area contributed by atoms with Gasteiger partial charge >= 0.3 is 5.97 Å². The van der Waals surface area contributed by atoms with Gasteiger partial charge < -0.3 is 29.0 Å². The summed E-state index contributed by atoms with van der Waals surface area (Å²) in [7, 11) is 1.36. The molecule has 3 aromatic rings. The Morgan fingerprint density at radius 1 is 1.39 bits per heavy atom. The number of hydrogen-bond acceptors (Lipinski definition) is 7. The van der Waals surface area contributed by atoms with E-state index in [1.165, 1.54) is 17.9 Å². The van der Waals surface area contributed by atoms with E-state index in [1.54, 1.807) is 6.20 Å². The first kappa shape index (κ1) is 24.2. The molecule has 4 atom stereocenters. The molecule has 0 amide bonds.